The first-order valence-corrected chi connectivity index (χ1v) is 7.24. The number of aromatic nitrogens is 1. The molecule has 1 aromatic heterocycles. The molecular formula is C19H15FN2O2. The highest BCUT2D eigenvalue weighted by Gasteiger charge is 2.15. The van der Waals surface area contributed by atoms with E-state index in [1.165, 1.54) is 32.2 Å². The van der Waals surface area contributed by atoms with Crippen LogP contribution < -0.4 is 0 Å². The number of allylic oxidation sites excluding steroid dienone is 2. The molecule has 4 nitrogen and oxygen atoms in total. The highest BCUT2D eigenvalue weighted by molar-refractivity contribution is 6.26. The zero-order chi connectivity index (χ0) is 17.9. The summed E-state index contributed by atoms with van der Waals surface area (Å²) >= 11 is 0. The van der Waals surface area contributed by atoms with Gasteiger partial charge in [0.05, 0.1) is 5.56 Å². The Morgan fingerprint density at radius 1 is 1.08 bits per heavy atom. The molecule has 2 aromatic rings. The number of nitrogens with zero attached hydrogens (tertiary/aromatic N) is 2. The average Bonchev–Trinajstić information content (AvgIpc) is 2.55. The lowest BCUT2D eigenvalue weighted by Crippen LogP contribution is -2.03. The maximum Gasteiger partial charge on any atom is 0.178 e. The predicted octanol–water partition coefficient (Wildman–Crippen LogP) is 3.81. The normalized spacial score (nSPS) is 11.5. The Balaban J connectivity index is 2.58. The smallest absolute Gasteiger partial charge is 0.178 e. The Morgan fingerprint density at radius 2 is 1.75 bits per heavy atom. The van der Waals surface area contributed by atoms with Gasteiger partial charge in [-0.15, -0.1) is 0 Å². The first kappa shape index (κ1) is 17.2. The Kier molecular flexibility index (Phi) is 5.00. The van der Waals surface area contributed by atoms with Crippen LogP contribution >= 0.6 is 0 Å². The Morgan fingerprint density at radius 3 is 2.21 bits per heavy atom. The van der Waals surface area contributed by atoms with Crippen molar-refractivity contribution in [3.63, 3.8) is 0 Å². The van der Waals surface area contributed by atoms with E-state index in [0.717, 1.165) is 0 Å². The van der Waals surface area contributed by atoms with Crippen molar-refractivity contribution >= 4 is 22.7 Å². The molecule has 0 saturated heterocycles. The Hall–Kier alpha value is -3.13. The summed E-state index contributed by atoms with van der Waals surface area (Å²) in [7, 11) is 0. The van der Waals surface area contributed by atoms with Crippen molar-refractivity contribution in [2.75, 3.05) is 0 Å². The molecule has 1 aromatic carbocycles. The molecule has 0 unspecified atom stereocenters. The van der Waals surface area contributed by atoms with Gasteiger partial charge in [-0.3, -0.25) is 14.6 Å². The van der Waals surface area contributed by atoms with Crippen LogP contribution in [0.15, 0.2) is 36.5 Å². The summed E-state index contributed by atoms with van der Waals surface area (Å²) in [5, 5.41) is 8.80. The molecule has 5 heteroatoms. The molecule has 0 atom stereocenters. The lowest BCUT2D eigenvalue weighted by atomic mass is 9.93. The van der Waals surface area contributed by atoms with E-state index in [9.17, 15) is 14.0 Å². The minimum absolute atomic E-state index is 0.0524. The number of pyridine rings is 1. The van der Waals surface area contributed by atoms with E-state index < -0.39 is 5.82 Å². The van der Waals surface area contributed by atoms with Gasteiger partial charge in [-0.25, -0.2) is 4.39 Å². The van der Waals surface area contributed by atoms with E-state index in [1.54, 1.807) is 31.2 Å². The van der Waals surface area contributed by atoms with Crippen molar-refractivity contribution in [2.45, 2.75) is 20.8 Å². The van der Waals surface area contributed by atoms with Crippen molar-refractivity contribution in [3.8, 4) is 6.07 Å². The third-order valence-corrected chi connectivity index (χ3v) is 3.66. The topological polar surface area (TPSA) is 70.8 Å². The molecule has 0 radical (unpaired) electrons. The van der Waals surface area contributed by atoms with Gasteiger partial charge < -0.3 is 0 Å². The van der Waals surface area contributed by atoms with Gasteiger partial charge in [-0.1, -0.05) is 12.1 Å². The van der Waals surface area contributed by atoms with E-state index in [4.69, 9.17) is 5.26 Å². The summed E-state index contributed by atoms with van der Waals surface area (Å²) in [6, 6.07) is 9.16. The van der Waals surface area contributed by atoms with Crippen LogP contribution in [0.4, 0.5) is 4.39 Å². The van der Waals surface area contributed by atoms with E-state index >= 15 is 0 Å². The van der Waals surface area contributed by atoms with Crippen LogP contribution in [-0.2, 0) is 4.79 Å². The fraction of sp³-hybridized carbons (Fsp3) is 0.158. The van der Waals surface area contributed by atoms with Crippen LogP contribution in [-0.4, -0.2) is 16.6 Å². The largest absolute Gasteiger partial charge is 0.294 e. The van der Waals surface area contributed by atoms with Crippen molar-refractivity contribution in [1.29, 1.82) is 5.26 Å². The summed E-state index contributed by atoms with van der Waals surface area (Å²) < 4.78 is 13.8. The van der Waals surface area contributed by atoms with Crippen LogP contribution in [0.2, 0.25) is 0 Å². The zero-order valence-corrected chi connectivity index (χ0v) is 13.6. The maximum absolute atomic E-state index is 13.8. The van der Waals surface area contributed by atoms with E-state index in [2.05, 4.69) is 4.98 Å². The minimum Gasteiger partial charge on any atom is -0.294 e. The minimum atomic E-state index is -0.637. The molecule has 0 N–H and O–H groups in total. The predicted molar refractivity (Wildman–Crippen MR) is 88.5 cm³/mol. The summed E-state index contributed by atoms with van der Waals surface area (Å²) in [5.74, 6) is -1.00. The molecule has 0 aliphatic carbocycles. The van der Waals surface area contributed by atoms with Crippen molar-refractivity contribution in [2.24, 2.45) is 0 Å². The molecule has 0 aliphatic heterocycles. The number of hydrogen-bond acceptors (Lipinski definition) is 4. The Labute approximate surface area is 139 Å². The second kappa shape index (κ2) is 6.97. The standard InChI is InChI=1S/C19H15FN2O2/c1-11(14-4-5-15(9-21)17(20)8-14)19(13(3)24)16-6-7-18(12(2)23)22-10-16/h4-8,10H,1-3H3. The molecule has 1 heterocycles. The van der Waals surface area contributed by atoms with Gasteiger partial charge in [-0.2, -0.15) is 5.26 Å². The first-order chi connectivity index (χ1) is 11.3. The number of carbonyl (C=O) groups excluding carboxylic acids is 2. The fourth-order valence-electron chi connectivity index (χ4n) is 2.42. The molecule has 0 fully saturated rings. The number of carbonyl (C=O) groups is 2. The van der Waals surface area contributed by atoms with Crippen LogP contribution in [0, 0.1) is 17.1 Å². The van der Waals surface area contributed by atoms with Crippen LogP contribution in [0.5, 0.6) is 0 Å². The molecular weight excluding hydrogens is 307 g/mol. The van der Waals surface area contributed by atoms with Crippen LogP contribution in [0.1, 0.15) is 48.0 Å². The fourth-order valence-corrected chi connectivity index (χ4v) is 2.42. The summed E-state index contributed by atoms with van der Waals surface area (Å²) in [4.78, 5) is 27.4. The lowest BCUT2D eigenvalue weighted by Gasteiger charge is -2.11. The average molecular weight is 322 g/mol. The lowest BCUT2D eigenvalue weighted by molar-refractivity contribution is -0.111. The van der Waals surface area contributed by atoms with Gasteiger partial charge in [0.15, 0.2) is 11.6 Å². The van der Waals surface area contributed by atoms with Crippen molar-refractivity contribution in [1.82, 2.24) is 4.98 Å². The van der Waals surface area contributed by atoms with Crippen molar-refractivity contribution in [3.05, 3.63) is 64.7 Å². The Bertz CT molecular complexity index is 891. The van der Waals surface area contributed by atoms with E-state index in [-0.39, 0.29) is 17.1 Å². The molecule has 0 spiro atoms. The monoisotopic (exact) mass is 322 g/mol. The third-order valence-electron chi connectivity index (χ3n) is 3.66. The summed E-state index contributed by atoms with van der Waals surface area (Å²) in [6.45, 7) is 4.53. The third kappa shape index (κ3) is 3.44. The molecule has 120 valence electrons. The number of halogens is 1. The zero-order valence-electron chi connectivity index (χ0n) is 13.6. The molecule has 0 saturated carbocycles. The second-order valence-electron chi connectivity index (χ2n) is 5.35. The molecule has 24 heavy (non-hydrogen) atoms. The molecule has 2 rings (SSSR count). The molecule has 0 amide bonds. The van der Waals surface area contributed by atoms with Gasteiger partial charge in [0.25, 0.3) is 0 Å². The number of ketones is 2. The maximum atomic E-state index is 13.8. The van der Waals surface area contributed by atoms with Crippen LogP contribution in [0.3, 0.4) is 0 Å². The number of nitriles is 1. The van der Waals surface area contributed by atoms with E-state index in [1.807, 2.05) is 0 Å². The van der Waals surface area contributed by atoms with Gasteiger partial charge in [0, 0.05) is 24.3 Å². The van der Waals surface area contributed by atoms with Gasteiger partial charge >= 0.3 is 0 Å². The molecule has 0 bridgehead atoms. The summed E-state index contributed by atoms with van der Waals surface area (Å²) in [5.41, 5.74) is 2.28. The van der Waals surface area contributed by atoms with Crippen LogP contribution in [0.25, 0.3) is 11.1 Å². The van der Waals surface area contributed by atoms with Gasteiger partial charge in [-0.05, 0) is 43.2 Å². The van der Waals surface area contributed by atoms with Gasteiger partial charge in [0.2, 0.25) is 0 Å². The number of Topliss-reactive ketones (excluding diaryl/α,β-unsaturated/α-hetero) is 2. The van der Waals surface area contributed by atoms with E-state index in [0.29, 0.717) is 28.0 Å². The second-order valence-corrected chi connectivity index (χ2v) is 5.35. The number of benzene rings is 1. The SMILES string of the molecule is CC(=O)C(=C(C)c1ccc(C#N)c(F)c1)c1ccc(C(C)=O)nc1. The highest BCUT2D eigenvalue weighted by atomic mass is 19.1. The first-order valence-electron chi connectivity index (χ1n) is 7.24. The molecule has 0 aliphatic rings. The number of hydrogen-bond donors (Lipinski definition) is 0. The quantitative estimate of drug-likeness (QED) is 0.634. The van der Waals surface area contributed by atoms with Gasteiger partial charge in [0.1, 0.15) is 17.6 Å². The number of rotatable bonds is 4. The highest BCUT2D eigenvalue weighted by Crippen LogP contribution is 2.27. The van der Waals surface area contributed by atoms with Crippen molar-refractivity contribution < 1.29 is 14.0 Å². The summed E-state index contributed by atoms with van der Waals surface area (Å²) in [6.07, 6.45) is 1.46.